The van der Waals surface area contributed by atoms with Crippen LogP contribution in [-0.4, -0.2) is 61.5 Å². The van der Waals surface area contributed by atoms with Crippen LogP contribution >= 0.6 is 0 Å². The Bertz CT molecular complexity index is 278. The molecular weight excluding hydrogens is 244 g/mol. The van der Waals surface area contributed by atoms with Gasteiger partial charge in [0.25, 0.3) is 0 Å². The van der Waals surface area contributed by atoms with Gasteiger partial charge in [-0.15, -0.1) is 0 Å². The molecule has 1 atom stereocenters. The van der Waals surface area contributed by atoms with Gasteiger partial charge in [-0.25, -0.2) is 0 Å². The van der Waals surface area contributed by atoms with Crippen LogP contribution in [-0.2, 0) is 14.3 Å². The number of esters is 1. The zero-order chi connectivity index (χ0) is 14.8. The van der Waals surface area contributed by atoms with Gasteiger partial charge in [0.05, 0.1) is 13.7 Å². The second-order valence-corrected chi connectivity index (χ2v) is 4.66. The summed E-state index contributed by atoms with van der Waals surface area (Å²) >= 11 is 0. The lowest BCUT2D eigenvalue weighted by atomic mass is 10.1. The predicted octanol–water partition coefficient (Wildman–Crippen LogP) is 1.52. The Morgan fingerprint density at radius 2 is 1.74 bits per heavy atom. The van der Waals surface area contributed by atoms with Crippen molar-refractivity contribution in [3.05, 3.63) is 0 Å². The van der Waals surface area contributed by atoms with Gasteiger partial charge in [-0.1, -0.05) is 19.8 Å². The van der Waals surface area contributed by atoms with Crippen molar-refractivity contribution in [1.82, 2.24) is 9.80 Å². The van der Waals surface area contributed by atoms with Crippen molar-refractivity contribution in [2.45, 2.75) is 46.1 Å². The van der Waals surface area contributed by atoms with Gasteiger partial charge < -0.3 is 9.64 Å². The molecule has 1 unspecified atom stereocenters. The molecule has 1 amide bonds. The van der Waals surface area contributed by atoms with Gasteiger partial charge in [-0.2, -0.15) is 0 Å². The van der Waals surface area contributed by atoms with Crippen LogP contribution in [0.1, 0.15) is 40.0 Å². The van der Waals surface area contributed by atoms with Crippen molar-refractivity contribution >= 4 is 11.9 Å². The third-order valence-corrected chi connectivity index (χ3v) is 3.34. The van der Waals surface area contributed by atoms with E-state index in [2.05, 4.69) is 6.92 Å². The summed E-state index contributed by atoms with van der Waals surface area (Å²) in [6.07, 6.45) is 2.69. The normalized spacial score (nSPS) is 12.3. The Labute approximate surface area is 116 Å². The van der Waals surface area contributed by atoms with E-state index in [9.17, 15) is 9.59 Å². The monoisotopic (exact) mass is 272 g/mol. The predicted molar refractivity (Wildman–Crippen MR) is 75.9 cm³/mol. The van der Waals surface area contributed by atoms with Gasteiger partial charge in [0.1, 0.15) is 6.04 Å². The molecule has 0 aromatic heterocycles. The lowest BCUT2D eigenvalue weighted by Gasteiger charge is -2.28. The molecule has 0 rings (SSSR count). The summed E-state index contributed by atoms with van der Waals surface area (Å²) in [5.74, 6) is -0.207. The molecule has 0 aliphatic rings. The Morgan fingerprint density at radius 3 is 2.16 bits per heavy atom. The maximum absolute atomic E-state index is 12.0. The van der Waals surface area contributed by atoms with Crippen LogP contribution in [0.5, 0.6) is 0 Å². The fourth-order valence-corrected chi connectivity index (χ4v) is 2.05. The minimum atomic E-state index is -0.329. The van der Waals surface area contributed by atoms with Crippen molar-refractivity contribution < 1.29 is 14.3 Å². The number of nitrogens with zero attached hydrogens (tertiary/aromatic N) is 2. The van der Waals surface area contributed by atoms with Crippen molar-refractivity contribution in [3.8, 4) is 0 Å². The topological polar surface area (TPSA) is 49.9 Å². The first-order valence-electron chi connectivity index (χ1n) is 7.07. The van der Waals surface area contributed by atoms with E-state index < -0.39 is 0 Å². The number of unbranched alkanes of at least 4 members (excludes halogenated alkanes) is 1. The lowest BCUT2D eigenvalue weighted by molar-refractivity contribution is -0.147. The molecule has 0 radical (unpaired) electrons. The van der Waals surface area contributed by atoms with Crippen molar-refractivity contribution in [2.75, 3.05) is 33.8 Å². The molecule has 0 heterocycles. The van der Waals surface area contributed by atoms with E-state index in [1.807, 2.05) is 13.8 Å². The molecule has 0 saturated carbocycles. The maximum atomic E-state index is 12.0. The number of amides is 1. The zero-order valence-corrected chi connectivity index (χ0v) is 12.9. The van der Waals surface area contributed by atoms with Crippen LogP contribution in [0.4, 0.5) is 0 Å². The molecule has 0 aliphatic carbocycles. The zero-order valence-electron chi connectivity index (χ0n) is 12.9. The average Bonchev–Trinajstić information content (AvgIpc) is 2.40. The van der Waals surface area contributed by atoms with Crippen molar-refractivity contribution in [2.24, 2.45) is 0 Å². The van der Waals surface area contributed by atoms with Crippen molar-refractivity contribution in [3.63, 3.8) is 0 Å². The van der Waals surface area contributed by atoms with Gasteiger partial charge in [0, 0.05) is 13.1 Å². The van der Waals surface area contributed by atoms with Gasteiger partial charge in [-0.05, 0) is 27.3 Å². The number of rotatable bonds is 9. The maximum Gasteiger partial charge on any atom is 0.323 e. The highest BCUT2D eigenvalue weighted by molar-refractivity contribution is 5.80. The number of carbonyl (C=O) groups excluding carboxylic acids is 2. The van der Waals surface area contributed by atoms with Crippen LogP contribution in [0.3, 0.4) is 0 Å². The molecule has 19 heavy (non-hydrogen) atoms. The van der Waals surface area contributed by atoms with Crippen LogP contribution in [0.2, 0.25) is 0 Å². The quantitative estimate of drug-likeness (QED) is 0.597. The van der Waals surface area contributed by atoms with E-state index >= 15 is 0 Å². The van der Waals surface area contributed by atoms with E-state index in [0.29, 0.717) is 13.1 Å². The van der Waals surface area contributed by atoms with E-state index in [1.165, 1.54) is 7.11 Å². The van der Waals surface area contributed by atoms with Crippen molar-refractivity contribution in [1.29, 1.82) is 0 Å². The average molecular weight is 272 g/mol. The summed E-state index contributed by atoms with van der Waals surface area (Å²) in [6, 6.07) is -0.329. The first-order chi connectivity index (χ1) is 9.01. The third kappa shape index (κ3) is 6.05. The van der Waals surface area contributed by atoms with Gasteiger partial charge in [0.2, 0.25) is 5.91 Å². The highest BCUT2D eigenvalue weighted by atomic mass is 16.5. The van der Waals surface area contributed by atoms with Crippen LogP contribution in [0, 0.1) is 0 Å². The molecular formula is C14H28N2O3. The summed E-state index contributed by atoms with van der Waals surface area (Å²) < 4.78 is 4.82. The number of ether oxygens (including phenoxy) is 1. The first kappa shape index (κ1) is 17.9. The summed E-state index contributed by atoms with van der Waals surface area (Å²) in [7, 11) is 3.19. The molecule has 112 valence electrons. The molecule has 0 N–H and O–H groups in total. The smallest absolute Gasteiger partial charge is 0.323 e. The SMILES string of the molecule is CCCCC(C(=O)OC)N(C)CC(=O)N(CC)CC. The van der Waals surface area contributed by atoms with E-state index in [4.69, 9.17) is 4.74 Å². The summed E-state index contributed by atoms with van der Waals surface area (Å²) in [6.45, 7) is 7.63. The Morgan fingerprint density at radius 1 is 1.16 bits per heavy atom. The molecule has 5 nitrogen and oxygen atoms in total. The number of hydrogen-bond acceptors (Lipinski definition) is 4. The molecule has 0 spiro atoms. The highest BCUT2D eigenvalue weighted by Gasteiger charge is 2.25. The summed E-state index contributed by atoms with van der Waals surface area (Å²) in [5, 5.41) is 0. The Balaban J connectivity index is 4.57. The first-order valence-corrected chi connectivity index (χ1v) is 7.07. The Kier molecular flexibility index (Phi) is 9.21. The molecule has 0 aliphatic heterocycles. The molecule has 5 heteroatoms. The van der Waals surface area contributed by atoms with E-state index in [-0.39, 0.29) is 24.5 Å². The fourth-order valence-electron chi connectivity index (χ4n) is 2.05. The molecule has 0 saturated heterocycles. The van der Waals surface area contributed by atoms with Crippen LogP contribution < -0.4 is 0 Å². The van der Waals surface area contributed by atoms with E-state index in [1.54, 1.807) is 16.8 Å². The fraction of sp³-hybridized carbons (Fsp3) is 0.857. The number of hydrogen-bond donors (Lipinski definition) is 0. The highest BCUT2D eigenvalue weighted by Crippen LogP contribution is 2.09. The minimum Gasteiger partial charge on any atom is -0.468 e. The Hall–Kier alpha value is -1.10. The second kappa shape index (κ2) is 9.78. The van der Waals surface area contributed by atoms with Crippen LogP contribution in [0.15, 0.2) is 0 Å². The third-order valence-electron chi connectivity index (χ3n) is 3.34. The summed E-state index contributed by atoms with van der Waals surface area (Å²) in [4.78, 5) is 27.4. The number of methoxy groups -OCH3 is 1. The lowest BCUT2D eigenvalue weighted by Crippen LogP contribution is -2.46. The largest absolute Gasteiger partial charge is 0.468 e. The van der Waals surface area contributed by atoms with Gasteiger partial charge in [0.15, 0.2) is 0 Å². The minimum absolute atomic E-state index is 0.0536. The van der Waals surface area contributed by atoms with E-state index in [0.717, 1.165) is 19.3 Å². The molecule has 0 aromatic carbocycles. The number of carbonyl (C=O) groups is 2. The molecule has 0 bridgehead atoms. The molecule has 0 fully saturated rings. The second-order valence-electron chi connectivity index (χ2n) is 4.66. The number of likely N-dealkylation sites (N-methyl/N-ethyl adjacent to an activating group) is 2. The standard InChI is InChI=1S/C14H28N2O3/c1-6-9-10-12(14(18)19-5)15(4)11-13(17)16(7-2)8-3/h12H,6-11H2,1-5H3. The summed E-state index contributed by atoms with van der Waals surface area (Å²) in [5.41, 5.74) is 0. The molecule has 0 aromatic rings. The van der Waals surface area contributed by atoms with Gasteiger partial charge in [-0.3, -0.25) is 14.5 Å². The van der Waals surface area contributed by atoms with Crippen LogP contribution in [0.25, 0.3) is 0 Å². The van der Waals surface area contributed by atoms with Gasteiger partial charge >= 0.3 is 5.97 Å².